The molecule has 1 heterocycles. The number of aromatic carboxylic acids is 1. The van der Waals surface area contributed by atoms with Gasteiger partial charge in [0.05, 0.1) is 16.7 Å². The van der Waals surface area contributed by atoms with Crippen molar-refractivity contribution in [2.45, 2.75) is 6.54 Å². The van der Waals surface area contributed by atoms with Crippen LogP contribution in [0.1, 0.15) is 36.6 Å². The number of carboxylic acids is 1. The monoisotopic (exact) mass is 408 g/mol. The molecule has 150 valence electrons. The van der Waals surface area contributed by atoms with Crippen LogP contribution in [0.15, 0.2) is 54.6 Å². The number of hydrogen-bond donors (Lipinski definition) is 3. The number of hydrogen-bond acceptors (Lipinski definition) is 3. The van der Waals surface area contributed by atoms with Crippen molar-refractivity contribution in [1.82, 2.24) is 5.32 Å². The van der Waals surface area contributed by atoms with Gasteiger partial charge in [-0.2, -0.15) is 0 Å². The van der Waals surface area contributed by atoms with E-state index < -0.39 is 29.4 Å². The van der Waals surface area contributed by atoms with E-state index in [-0.39, 0.29) is 34.5 Å². The van der Waals surface area contributed by atoms with E-state index in [2.05, 4.69) is 10.6 Å². The van der Waals surface area contributed by atoms with Gasteiger partial charge in [0.25, 0.3) is 11.8 Å². The minimum atomic E-state index is -1.25. The van der Waals surface area contributed by atoms with Gasteiger partial charge in [0.1, 0.15) is 11.6 Å². The van der Waals surface area contributed by atoms with Gasteiger partial charge in [-0.05, 0) is 47.5 Å². The number of carboxylic acid groups (broad SMARTS) is 1. The Kier molecular flexibility index (Phi) is 4.75. The van der Waals surface area contributed by atoms with E-state index in [1.165, 1.54) is 42.5 Å². The van der Waals surface area contributed by atoms with Crippen LogP contribution in [0.3, 0.4) is 0 Å². The van der Waals surface area contributed by atoms with Crippen molar-refractivity contribution < 1.29 is 28.3 Å². The van der Waals surface area contributed by atoms with Gasteiger partial charge >= 0.3 is 5.97 Å². The highest BCUT2D eigenvalue weighted by Crippen LogP contribution is 2.34. The molecule has 8 heteroatoms. The van der Waals surface area contributed by atoms with Crippen LogP contribution >= 0.6 is 0 Å². The Hall–Kier alpha value is -4.07. The highest BCUT2D eigenvalue weighted by Gasteiger charge is 2.29. The summed E-state index contributed by atoms with van der Waals surface area (Å²) in [5.41, 5.74) is 0.712. The summed E-state index contributed by atoms with van der Waals surface area (Å²) in [6.45, 7) is 0.0792. The first-order valence-corrected chi connectivity index (χ1v) is 8.90. The number of fused-ring (bicyclic) bond motifs is 1. The van der Waals surface area contributed by atoms with Crippen molar-refractivity contribution in [2.24, 2.45) is 0 Å². The maximum Gasteiger partial charge on any atom is 0.336 e. The first-order valence-electron chi connectivity index (χ1n) is 8.90. The third-order valence-electron chi connectivity index (χ3n) is 4.83. The summed E-state index contributed by atoms with van der Waals surface area (Å²) >= 11 is 0. The maximum absolute atomic E-state index is 14.8. The molecule has 2 amide bonds. The molecule has 0 fully saturated rings. The van der Waals surface area contributed by atoms with Gasteiger partial charge in [-0.15, -0.1) is 0 Å². The van der Waals surface area contributed by atoms with Crippen molar-refractivity contribution in [3.63, 3.8) is 0 Å². The summed E-state index contributed by atoms with van der Waals surface area (Å²) in [5, 5.41) is 14.3. The van der Waals surface area contributed by atoms with Gasteiger partial charge in [0.2, 0.25) is 0 Å². The van der Waals surface area contributed by atoms with Gasteiger partial charge in [0.15, 0.2) is 0 Å². The summed E-state index contributed by atoms with van der Waals surface area (Å²) in [6, 6.07) is 12.1. The van der Waals surface area contributed by atoms with Gasteiger partial charge in [-0.25, -0.2) is 13.6 Å². The number of anilines is 1. The van der Waals surface area contributed by atoms with Crippen molar-refractivity contribution in [3.8, 4) is 11.1 Å². The Labute approximate surface area is 169 Å². The summed E-state index contributed by atoms with van der Waals surface area (Å²) in [5.74, 6) is -3.88. The Bertz CT molecular complexity index is 1220. The summed E-state index contributed by atoms with van der Waals surface area (Å²) < 4.78 is 28.6. The van der Waals surface area contributed by atoms with Crippen LogP contribution in [0.2, 0.25) is 0 Å². The van der Waals surface area contributed by atoms with Crippen molar-refractivity contribution in [2.75, 3.05) is 5.32 Å². The predicted octanol–water partition coefficient (Wildman–Crippen LogP) is 3.83. The van der Waals surface area contributed by atoms with Crippen molar-refractivity contribution in [3.05, 3.63) is 88.5 Å². The SMILES string of the molecule is O=C(Nc1ccc(-c2ccc(C(=O)O)c3c2CNC3=O)c(F)c1)c1ccccc1F. The number of rotatable bonds is 4. The molecule has 1 aliphatic heterocycles. The van der Waals surface area contributed by atoms with Gasteiger partial charge < -0.3 is 15.7 Å². The van der Waals surface area contributed by atoms with E-state index in [0.717, 1.165) is 12.1 Å². The van der Waals surface area contributed by atoms with Gasteiger partial charge in [-0.1, -0.05) is 18.2 Å². The van der Waals surface area contributed by atoms with Gasteiger partial charge in [0, 0.05) is 17.8 Å². The Morgan fingerprint density at radius 2 is 1.67 bits per heavy atom. The summed E-state index contributed by atoms with van der Waals surface area (Å²) in [4.78, 5) is 35.7. The molecule has 0 radical (unpaired) electrons. The molecule has 4 rings (SSSR count). The predicted molar refractivity (Wildman–Crippen MR) is 104 cm³/mol. The molecule has 30 heavy (non-hydrogen) atoms. The zero-order valence-electron chi connectivity index (χ0n) is 15.3. The lowest BCUT2D eigenvalue weighted by Gasteiger charge is -2.12. The normalized spacial score (nSPS) is 12.3. The lowest BCUT2D eigenvalue weighted by atomic mass is 9.93. The Morgan fingerprint density at radius 3 is 2.37 bits per heavy atom. The van der Waals surface area contributed by atoms with E-state index in [0.29, 0.717) is 11.1 Å². The zero-order valence-corrected chi connectivity index (χ0v) is 15.3. The Morgan fingerprint density at radius 1 is 0.933 bits per heavy atom. The number of carbonyl (C=O) groups is 3. The molecule has 0 aliphatic carbocycles. The fourth-order valence-electron chi connectivity index (χ4n) is 3.43. The highest BCUT2D eigenvalue weighted by molar-refractivity contribution is 6.09. The van der Waals surface area contributed by atoms with Crippen LogP contribution < -0.4 is 10.6 Å². The Balaban J connectivity index is 1.68. The third-order valence-corrected chi connectivity index (χ3v) is 4.83. The van der Waals surface area contributed by atoms with Crippen LogP contribution in [0.4, 0.5) is 14.5 Å². The van der Waals surface area contributed by atoms with Crippen LogP contribution in [-0.2, 0) is 6.54 Å². The second-order valence-electron chi connectivity index (χ2n) is 6.63. The number of carbonyl (C=O) groups excluding carboxylic acids is 2. The van der Waals surface area contributed by atoms with E-state index in [1.807, 2.05) is 0 Å². The lowest BCUT2D eigenvalue weighted by molar-refractivity contribution is 0.0691. The number of nitrogens with one attached hydrogen (secondary N) is 2. The highest BCUT2D eigenvalue weighted by atomic mass is 19.1. The molecule has 3 aromatic carbocycles. The van der Waals surface area contributed by atoms with Crippen molar-refractivity contribution >= 4 is 23.5 Å². The zero-order chi connectivity index (χ0) is 21.4. The largest absolute Gasteiger partial charge is 0.478 e. The number of amides is 2. The second kappa shape index (κ2) is 7.40. The van der Waals surface area contributed by atoms with E-state index in [1.54, 1.807) is 0 Å². The van der Waals surface area contributed by atoms with E-state index in [9.17, 15) is 28.3 Å². The molecule has 0 unspecified atom stereocenters. The smallest absolute Gasteiger partial charge is 0.336 e. The third kappa shape index (κ3) is 3.28. The second-order valence-corrected chi connectivity index (χ2v) is 6.63. The topological polar surface area (TPSA) is 95.5 Å². The number of benzene rings is 3. The average Bonchev–Trinajstić information content (AvgIpc) is 3.10. The number of halogens is 2. The summed E-state index contributed by atoms with van der Waals surface area (Å²) in [6.07, 6.45) is 0. The first-order chi connectivity index (χ1) is 14.4. The molecule has 0 saturated heterocycles. The van der Waals surface area contributed by atoms with Crippen molar-refractivity contribution in [1.29, 1.82) is 0 Å². The van der Waals surface area contributed by atoms with E-state index >= 15 is 0 Å². The summed E-state index contributed by atoms with van der Waals surface area (Å²) in [7, 11) is 0. The lowest BCUT2D eigenvalue weighted by Crippen LogP contribution is -2.15. The molecule has 3 N–H and O–H groups in total. The molecular formula is C22H14F2N2O4. The van der Waals surface area contributed by atoms with E-state index in [4.69, 9.17) is 0 Å². The minimum Gasteiger partial charge on any atom is -0.478 e. The molecule has 0 atom stereocenters. The maximum atomic E-state index is 14.8. The average molecular weight is 408 g/mol. The van der Waals surface area contributed by atoms with Crippen LogP contribution in [0.5, 0.6) is 0 Å². The van der Waals surface area contributed by atoms with Crippen LogP contribution in [0, 0.1) is 11.6 Å². The molecule has 0 spiro atoms. The molecule has 0 bridgehead atoms. The van der Waals surface area contributed by atoms with Gasteiger partial charge in [-0.3, -0.25) is 9.59 Å². The fourth-order valence-corrected chi connectivity index (χ4v) is 3.43. The molecule has 1 aliphatic rings. The molecule has 0 aromatic heterocycles. The standard InChI is InChI=1S/C22H14F2N2O4/c23-17-4-2-1-3-14(17)20(27)26-11-5-6-13(18(24)9-11)12-7-8-15(22(29)30)19-16(12)10-25-21(19)28/h1-9H,10H2,(H,25,28)(H,26,27)(H,29,30). The molecule has 3 aromatic rings. The fraction of sp³-hybridized carbons (Fsp3) is 0.0455. The molecular weight excluding hydrogens is 394 g/mol. The van der Waals surface area contributed by atoms with Crippen LogP contribution in [0.25, 0.3) is 11.1 Å². The first kappa shape index (κ1) is 19.3. The van der Waals surface area contributed by atoms with Crippen LogP contribution in [-0.4, -0.2) is 22.9 Å². The molecule has 0 saturated carbocycles. The minimum absolute atomic E-state index is 0.0105. The quantitative estimate of drug-likeness (QED) is 0.612. The molecule has 6 nitrogen and oxygen atoms in total.